The van der Waals surface area contributed by atoms with E-state index in [0.29, 0.717) is 13.2 Å². The van der Waals surface area contributed by atoms with Gasteiger partial charge in [-0.15, -0.1) is 0 Å². The number of benzene rings is 1. The van der Waals surface area contributed by atoms with Crippen LogP contribution < -0.4 is 15.0 Å². The highest BCUT2D eigenvalue weighted by molar-refractivity contribution is 5.68. The Labute approximate surface area is 150 Å². The number of halogens is 2. The van der Waals surface area contributed by atoms with Crippen LogP contribution in [-0.4, -0.2) is 38.3 Å². The maximum Gasteiger partial charge on any atom is 0.387 e. The molecule has 1 aliphatic carbocycles. The maximum absolute atomic E-state index is 12.5. The number of hydroxylamine groups is 1. The monoisotopic (exact) mass is 369 g/mol. The summed E-state index contributed by atoms with van der Waals surface area (Å²) in [6.07, 6.45) is 5.11. The van der Waals surface area contributed by atoms with Gasteiger partial charge in [-0.3, -0.25) is 10.3 Å². The molecular formula is C18H21F2NO5. The van der Waals surface area contributed by atoms with Gasteiger partial charge in [-0.1, -0.05) is 0 Å². The highest BCUT2D eigenvalue weighted by atomic mass is 19.3. The molecule has 1 aromatic carbocycles. The van der Waals surface area contributed by atoms with E-state index < -0.39 is 18.0 Å². The molecule has 4 rings (SSSR count). The summed E-state index contributed by atoms with van der Waals surface area (Å²) < 4.78 is 46.1. The van der Waals surface area contributed by atoms with Crippen LogP contribution in [0, 0.1) is 0 Å². The summed E-state index contributed by atoms with van der Waals surface area (Å²) in [6, 6.07) is 4.80. The molecule has 2 heterocycles. The van der Waals surface area contributed by atoms with E-state index in [0.717, 1.165) is 36.9 Å². The van der Waals surface area contributed by atoms with E-state index in [1.54, 1.807) is 12.1 Å². The van der Waals surface area contributed by atoms with Crippen LogP contribution in [0.25, 0.3) is 5.70 Å². The van der Waals surface area contributed by atoms with Crippen molar-refractivity contribution in [1.82, 2.24) is 5.48 Å². The largest absolute Gasteiger partial charge is 0.493 e. The lowest BCUT2D eigenvalue weighted by Gasteiger charge is -2.39. The summed E-state index contributed by atoms with van der Waals surface area (Å²) in [6.45, 7) is -1.63. The lowest BCUT2D eigenvalue weighted by atomic mass is 9.81. The molecule has 1 N–H and O–H groups in total. The number of ether oxygens (including phenoxy) is 4. The smallest absolute Gasteiger partial charge is 0.387 e. The molecular weight excluding hydrogens is 348 g/mol. The van der Waals surface area contributed by atoms with Crippen LogP contribution in [0.5, 0.6) is 11.5 Å². The van der Waals surface area contributed by atoms with Crippen molar-refractivity contribution in [2.45, 2.75) is 43.7 Å². The topological polar surface area (TPSA) is 58.2 Å². The van der Waals surface area contributed by atoms with Crippen molar-refractivity contribution in [3.8, 4) is 11.5 Å². The van der Waals surface area contributed by atoms with Gasteiger partial charge in [0.25, 0.3) is 0 Å². The van der Waals surface area contributed by atoms with Gasteiger partial charge in [0.05, 0.1) is 26.0 Å². The summed E-state index contributed by atoms with van der Waals surface area (Å²) in [7, 11) is 1.41. The molecule has 0 unspecified atom stereocenters. The van der Waals surface area contributed by atoms with Gasteiger partial charge in [0.2, 0.25) is 0 Å². The van der Waals surface area contributed by atoms with E-state index >= 15 is 0 Å². The summed E-state index contributed by atoms with van der Waals surface area (Å²) >= 11 is 0. The zero-order valence-electron chi connectivity index (χ0n) is 14.4. The van der Waals surface area contributed by atoms with E-state index in [2.05, 4.69) is 10.2 Å². The SMILES string of the molecule is COc1cc(C2=CC3(CCC4(CC3)OCCO4)ON2)ccc1OC(F)F. The molecule has 1 saturated heterocycles. The third kappa shape index (κ3) is 3.24. The molecule has 6 nitrogen and oxygen atoms in total. The van der Waals surface area contributed by atoms with Crippen LogP contribution >= 0.6 is 0 Å². The molecule has 26 heavy (non-hydrogen) atoms. The Morgan fingerprint density at radius 2 is 1.81 bits per heavy atom. The lowest BCUT2D eigenvalue weighted by Crippen LogP contribution is -2.43. The molecule has 0 bridgehead atoms. The summed E-state index contributed by atoms with van der Waals surface area (Å²) in [5, 5.41) is 0. The number of alkyl halides is 2. The van der Waals surface area contributed by atoms with Crippen molar-refractivity contribution < 1.29 is 32.6 Å². The molecule has 1 saturated carbocycles. The molecule has 142 valence electrons. The van der Waals surface area contributed by atoms with E-state index in [-0.39, 0.29) is 11.5 Å². The lowest BCUT2D eigenvalue weighted by molar-refractivity contribution is -0.205. The minimum Gasteiger partial charge on any atom is -0.493 e. The van der Waals surface area contributed by atoms with Crippen LogP contribution in [0.1, 0.15) is 31.2 Å². The van der Waals surface area contributed by atoms with Crippen molar-refractivity contribution in [2.75, 3.05) is 20.3 Å². The second kappa shape index (κ2) is 6.68. The first kappa shape index (κ1) is 17.5. The molecule has 3 aliphatic rings. The molecule has 8 heteroatoms. The Hall–Kier alpha value is -1.90. The summed E-state index contributed by atoms with van der Waals surface area (Å²) in [4.78, 5) is 5.87. The predicted octanol–water partition coefficient (Wildman–Crippen LogP) is 3.23. The fraction of sp³-hybridized carbons (Fsp3) is 0.556. The normalized spacial score (nSPS) is 23.3. The first-order chi connectivity index (χ1) is 12.5. The molecule has 2 fully saturated rings. The first-order valence-corrected chi connectivity index (χ1v) is 8.61. The van der Waals surface area contributed by atoms with E-state index in [1.807, 2.05) is 6.08 Å². The molecule has 0 aromatic heterocycles. The van der Waals surface area contributed by atoms with Crippen LogP contribution in [0.4, 0.5) is 8.78 Å². The summed E-state index contributed by atoms with van der Waals surface area (Å²) in [5.74, 6) is -0.222. The quantitative estimate of drug-likeness (QED) is 0.880. The van der Waals surface area contributed by atoms with E-state index in [1.165, 1.54) is 13.2 Å². The van der Waals surface area contributed by atoms with Gasteiger partial charge >= 0.3 is 6.61 Å². The van der Waals surface area contributed by atoms with Gasteiger partial charge in [-0.05, 0) is 37.1 Å². The van der Waals surface area contributed by atoms with E-state index in [4.69, 9.17) is 19.0 Å². The van der Waals surface area contributed by atoms with Gasteiger partial charge in [0, 0.05) is 18.4 Å². The van der Waals surface area contributed by atoms with E-state index in [9.17, 15) is 8.78 Å². The Morgan fingerprint density at radius 1 is 1.08 bits per heavy atom. The van der Waals surface area contributed by atoms with Gasteiger partial charge in [0.15, 0.2) is 17.3 Å². The number of rotatable bonds is 4. The molecule has 0 radical (unpaired) electrons. The highest BCUT2D eigenvalue weighted by Crippen LogP contribution is 2.45. The van der Waals surface area contributed by atoms with Crippen molar-refractivity contribution in [2.24, 2.45) is 0 Å². The Morgan fingerprint density at radius 3 is 2.46 bits per heavy atom. The van der Waals surface area contributed by atoms with Gasteiger partial charge in [-0.25, -0.2) is 0 Å². The minimum absolute atomic E-state index is 0.00406. The second-order valence-electron chi connectivity index (χ2n) is 6.68. The van der Waals surface area contributed by atoms with Crippen molar-refractivity contribution in [1.29, 1.82) is 0 Å². The van der Waals surface area contributed by atoms with Crippen LogP contribution in [0.3, 0.4) is 0 Å². The van der Waals surface area contributed by atoms with Gasteiger partial charge < -0.3 is 18.9 Å². The molecule has 2 spiro atoms. The first-order valence-electron chi connectivity index (χ1n) is 8.61. The minimum atomic E-state index is -2.90. The second-order valence-corrected chi connectivity index (χ2v) is 6.68. The number of nitrogens with one attached hydrogen (secondary N) is 1. The Kier molecular flexibility index (Phi) is 4.50. The maximum atomic E-state index is 12.5. The average Bonchev–Trinajstić information content (AvgIpc) is 3.26. The fourth-order valence-electron chi connectivity index (χ4n) is 3.74. The number of hydrogen-bond acceptors (Lipinski definition) is 6. The average molecular weight is 369 g/mol. The molecule has 0 atom stereocenters. The highest BCUT2D eigenvalue weighted by Gasteiger charge is 2.48. The molecule has 1 aromatic rings. The Bertz CT molecular complexity index is 693. The number of methoxy groups -OCH3 is 1. The van der Waals surface area contributed by atoms with Crippen molar-refractivity contribution in [3.63, 3.8) is 0 Å². The predicted molar refractivity (Wildman–Crippen MR) is 87.7 cm³/mol. The van der Waals surface area contributed by atoms with Crippen molar-refractivity contribution in [3.05, 3.63) is 29.8 Å². The zero-order valence-corrected chi connectivity index (χ0v) is 14.4. The standard InChI is InChI=1S/C18H21F2NO5/c1-22-15-10-12(2-3-14(15)25-16(19)20)13-11-17(26-21-13)4-6-18(7-5-17)23-8-9-24-18/h2-3,10-11,16,21H,4-9H2,1H3. The third-order valence-electron chi connectivity index (χ3n) is 5.13. The van der Waals surface area contributed by atoms with Crippen LogP contribution in [0.2, 0.25) is 0 Å². The zero-order chi connectivity index (χ0) is 18.2. The number of hydrogen-bond donors (Lipinski definition) is 1. The Balaban J connectivity index is 1.51. The van der Waals surface area contributed by atoms with Gasteiger partial charge in [0.1, 0.15) is 5.60 Å². The summed E-state index contributed by atoms with van der Waals surface area (Å²) in [5.41, 5.74) is 4.09. The third-order valence-corrected chi connectivity index (χ3v) is 5.13. The fourth-order valence-corrected chi connectivity index (χ4v) is 3.74. The van der Waals surface area contributed by atoms with Gasteiger partial charge in [-0.2, -0.15) is 8.78 Å². The molecule has 2 aliphatic heterocycles. The van der Waals surface area contributed by atoms with Crippen LogP contribution in [-0.2, 0) is 14.3 Å². The van der Waals surface area contributed by atoms with Crippen LogP contribution in [0.15, 0.2) is 24.3 Å². The van der Waals surface area contributed by atoms with Crippen molar-refractivity contribution >= 4 is 5.70 Å². The molecule has 0 amide bonds.